The van der Waals surface area contributed by atoms with Crippen LogP contribution < -0.4 is 14.4 Å². The Balaban J connectivity index is 2.16. The van der Waals surface area contributed by atoms with Crippen LogP contribution in [-0.4, -0.2) is 34.5 Å². The number of hydrogen-bond donors (Lipinski definition) is 1. The molecule has 0 aromatic heterocycles. The molecule has 146 valence electrons. The van der Waals surface area contributed by atoms with Crippen molar-refractivity contribution in [3.05, 3.63) is 53.6 Å². The minimum absolute atomic E-state index is 0.0507. The lowest BCUT2D eigenvalue weighted by atomic mass is 10.2. The van der Waals surface area contributed by atoms with Crippen LogP contribution in [0, 0.1) is 18.6 Å². The first-order valence-electron chi connectivity index (χ1n) is 8.04. The largest absolute Gasteiger partial charge is 0.497 e. The highest BCUT2D eigenvalue weighted by atomic mass is 32.2. The SMILES string of the molecule is COc1ccc(S(=O)(=O)NCCN(C(C)=O)c2c(F)cccc2F)c(C)c1. The van der Waals surface area contributed by atoms with Crippen LogP contribution in [0.4, 0.5) is 14.5 Å². The van der Waals surface area contributed by atoms with Crippen LogP contribution >= 0.6 is 0 Å². The van der Waals surface area contributed by atoms with Crippen LogP contribution in [0.15, 0.2) is 41.3 Å². The lowest BCUT2D eigenvalue weighted by molar-refractivity contribution is -0.116. The van der Waals surface area contributed by atoms with E-state index in [4.69, 9.17) is 4.74 Å². The molecule has 0 spiro atoms. The van der Waals surface area contributed by atoms with Gasteiger partial charge in [0.1, 0.15) is 23.1 Å². The van der Waals surface area contributed by atoms with Gasteiger partial charge in [0.25, 0.3) is 0 Å². The van der Waals surface area contributed by atoms with E-state index in [0.29, 0.717) is 11.3 Å². The molecule has 0 aliphatic rings. The molecule has 1 N–H and O–H groups in total. The number of aryl methyl sites for hydroxylation is 1. The van der Waals surface area contributed by atoms with Gasteiger partial charge in [-0.25, -0.2) is 21.9 Å². The molecule has 2 rings (SSSR count). The first-order valence-corrected chi connectivity index (χ1v) is 9.52. The lowest BCUT2D eigenvalue weighted by Gasteiger charge is -2.22. The summed E-state index contributed by atoms with van der Waals surface area (Å²) in [5, 5.41) is 0. The summed E-state index contributed by atoms with van der Waals surface area (Å²) in [6.07, 6.45) is 0. The summed E-state index contributed by atoms with van der Waals surface area (Å²) in [5.41, 5.74) is -0.0322. The van der Waals surface area contributed by atoms with Crippen LogP contribution in [0.5, 0.6) is 5.75 Å². The summed E-state index contributed by atoms with van der Waals surface area (Å²) < 4.78 is 60.2. The summed E-state index contributed by atoms with van der Waals surface area (Å²) >= 11 is 0. The van der Waals surface area contributed by atoms with Gasteiger partial charge in [0, 0.05) is 20.0 Å². The molecule has 0 fully saturated rings. The monoisotopic (exact) mass is 398 g/mol. The molecule has 0 aliphatic heterocycles. The molecular formula is C18H20F2N2O4S. The molecule has 0 heterocycles. The van der Waals surface area contributed by atoms with Gasteiger partial charge in [0.05, 0.1) is 12.0 Å². The van der Waals surface area contributed by atoms with Crippen molar-refractivity contribution in [3.8, 4) is 5.75 Å². The van der Waals surface area contributed by atoms with E-state index in [1.807, 2.05) is 0 Å². The summed E-state index contributed by atoms with van der Waals surface area (Å²) in [4.78, 5) is 12.7. The second-order valence-corrected chi connectivity index (χ2v) is 7.51. The Morgan fingerprint density at radius 2 is 1.81 bits per heavy atom. The first-order chi connectivity index (χ1) is 12.7. The summed E-state index contributed by atoms with van der Waals surface area (Å²) in [5.74, 6) is -1.90. The molecule has 1 amide bonds. The number of halogens is 2. The average Bonchev–Trinajstić information content (AvgIpc) is 2.59. The van der Waals surface area contributed by atoms with Crippen LogP contribution in [0.3, 0.4) is 0 Å². The van der Waals surface area contributed by atoms with Gasteiger partial charge in [-0.05, 0) is 42.8 Å². The average molecular weight is 398 g/mol. The minimum Gasteiger partial charge on any atom is -0.497 e. The second kappa shape index (κ2) is 8.45. The molecule has 9 heteroatoms. The van der Waals surface area contributed by atoms with Gasteiger partial charge >= 0.3 is 0 Å². The van der Waals surface area contributed by atoms with Crippen molar-refractivity contribution in [2.24, 2.45) is 0 Å². The molecule has 0 radical (unpaired) electrons. The second-order valence-electron chi connectivity index (χ2n) is 5.77. The highest BCUT2D eigenvalue weighted by molar-refractivity contribution is 7.89. The number of rotatable bonds is 7. The van der Waals surface area contributed by atoms with E-state index in [1.54, 1.807) is 13.0 Å². The van der Waals surface area contributed by atoms with Gasteiger partial charge < -0.3 is 9.64 Å². The number of carbonyl (C=O) groups excluding carboxylic acids is 1. The number of anilines is 1. The quantitative estimate of drug-likeness (QED) is 0.778. The van der Waals surface area contributed by atoms with Gasteiger partial charge in [0.15, 0.2) is 0 Å². The van der Waals surface area contributed by atoms with Crippen molar-refractivity contribution < 1.29 is 26.7 Å². The van der Waals surface area contributed by atoms with Crippen molar-refractivity contribution in [1.82, 2.24) is 4.72 Å². The van der Waals surface area contributed by atoms with Crippen molar-refractivity contribution in [1.29, 1.82) is 0 Å². The van der Waals surface area contributed by atoms with E-state index < -0.39 is 33.3 Å². The van der Waals surface area contributed by atoms with E-state index in [0.717, 1.165) is 24.0 Å². The fourth-order valence-corrected chi connectivity index (χ4v) is 3.84. The molecule has 0 atom stereocenters. The number of sulfonamides is 1. The third-order valence-corrected chi connectivity index (χ3v) is 5.51. The Kier molecular flexibility index (Phi) is 6.50. The number of benzene rings is 2. The first kappa shape index (κ1) is 20.8. The number of nitrogens with zero attached hydrogens (tertiary/aromatic N) is 1. The van der Waals surface area contributed by atoms with E-state index in [1.165, 1.54) is 25.3 Å². The van der Waals surface area contributed by atoms with Gasteiger partial charge in [-0.15, -0.1) is 0 Å². The molecule has 6 nitrogen and oxygen atoms in total. The Morgan fingerprint density at radius 1 is 1.19 bits per heavy atom. The maximum atomic E-state index is 13.9. The van der Waals surface area contributed by atoms with Gasteiger partial charge in [0.2, 0.25) is 15.9 Å². The standard InChI is InChI=1S/C18H20F2N2O4S/c1-12-11-14(26-3)7-8-17(12)27(24,25)21-9-10-22(13(2)23)18-15(19)5-4-6-16(18)20/h4-8,11,21H,9-10H2,1-3H3. The fourth-order valence-electron chi connectivity index (χ4n) is 2.59. The number of amides is 1. The number of nitrogens with one attached hydrogen (secondary N) is 1. The van der Waals surface area contributed by atoms with Gasteiger partial charge in [-0.2, -0.15) is 0 Å². The molecule has 0 saturated heterocycles. The number of para-hydroxylation sites is 1. The molecule has 27 heavy (non-hydrogen) atoms. The maximum absolute atomic E-state index is 13.9. The van der Waals surface area contributed by atoms with Crippen molar-refractivity contribution in [2.45, 2.75) is 18.7 Å². The number of carbonyl (C=O) groups is 1. The normalized spacial score (nSPS) is 11.3. The fraction of sp³-hybridized carbons (Fsp3) is 0.278. The van der Waals surface area contributed by atoms with E-state index >= 15 is 0 Å². The number of hydrogen-bond acceptors (Lipinski definition) is 4. The minimum atomic E-state index is -3.87. The third kappa shape index (κ3) is 4.81. The summed E-state index contributed by atoms with van der Waals surface area (Å²) in [7, 11) is -2.40. The number of ether oxygens (including phenoxy) is 1. The number of methoxy groups -OCH3 is 1. The Hall–Kier alpha value is -2.52. The smallest absolute Gasteiger partial charge is 0.240 e. The van der Waals surface area contributed by atoms with Crippen LogP contribution in [0.2, 0.25) is 0 Å². The highest BCUT2D eigenvalue weighted by Gasteiger charge is 2.22. The maximum Gasteiger partial charge on any atom is 0.240 e. The van der Waals surface area contributed by atoms with E-state index in [9.17, 15) is 22.0 Å². The van der Waals surface area contributed by atoms with Crippen LogP contribution in [0.25, 0.3) is 0 Å². The summed E-state index contributed by atoms with van der Waals surface area (Å²) in [6.45, 7) is 2.31. The van der Waals surface area contributed by atoms with Crippen LogP contribution in [-0.2, 0) is 14.8 Å². The van der Waals surface area contributed by atoms with Crippen LogP contribution in [0.1, 0.15) is 12.5 Å². The predicted octanol–water partition coefficient (Wildman–Crippen LogP) is 2.61. The van der Waals surface area contributed by atoms with E-state index in [-0.39, 0.29) is 18.0 Å². The lowest BCUT2D eigenvalue weighted by Crippen LogP contribution is -2.38. The van der Waals surface area contributed by atoms with Crippen molar-refractivity contribution >= 4 is 21.6 Å². The zero-order valence-electron chi connectivity index (χ0n) is 15.1. The molecule has 0 saturated carbocycles. The summed E-state index contributed by atoms with van der Waals surface area (Å²) in [6, 6.07) is 7.72. The Bertz CT molecular complexity index is 928. The predicted molar refractivity (Wildman–Crippen MR) is 97.3 cm³/mol. The molecule has 2 aromatic carbocycles. The van der Waals surface area contributed by atoms with Gasteiger partial charge in [-0.1, -0.05) is 6.07 Å². The molecule has 0 unspecified atom stereocenters. The third-order valence-electron chi connectivity index (χ3n) is 3.89. The topological polar surface area (TPSA) is 75.7 Å². The van der Waals surface area contributed by atoms with Crippen molar-refractivity contribution in [3.63, 3.8) is 0 Å². The molecular weight excluding hydrogens is 378 g/mol. The zero-order valence-corrected chi connectivity index (χ0v) is 15.9. The molecule has 2 aromatic rings. The van der Waals surface area contributed by atoms with E-state index in [2.05, 4.69) is 4.72 Å². The zero-order chi connectivity index (χ0) is 20.2. The highest BCUT2D eigenvalue weighted by Crippen LogP contribution is 2.24. The van der Waals surface area contributed by atoms with Gasteiger partial charge in [-0.3, -0.25) is 4.79 Å². The molecule has 0 bridgehead atoms. The Morgan fingerprint density at radius 3 is 2.33 bits per heavy atom. The Labute approximate surface area is 156 Å². The molecule has 0 aliphatic carbocycles. The van der Waals surface area contributed by atoms with Crippen molar-refractivity contribution in [2.75, 3.05) is 25.1 Å².